The van der Waals surface area contributed by atoms with Gasteiger partial charge in [0.15, 0.2) is 0 Å². The molecule has 1 aromatic rings. The van der Waals surface area contributed by atoms with Gasteiger partial charge in [-0.1, -0.05) is 13.8 Å². The Kier molecular flexibility index (Phi) is 6.70. The minimum Gasteiger partial charge on any atom is -0.350 e. The summed E-state index contributed by atoms with van der Waals surface area (Å²) in [7, 11) is 0. The minimum absolute atomic E-state index is 0.0428. The van der Waals surface area contributed by atoms with Gasteiger partial charge in [0, 0.05) is 39.0 Å². The number of nitrogens with one attached hydrogen (secondary N) is 1. The van der Waals surface area contributed by atoms with Crippen molar-refractivity contribution in [2.24, 2.45) is 5.92 Å². The lowest BCUT2D eigenvalue weighted by Gasteiger charge is -2.22. The Balaban J connectivity index is 2.37. The van der Waals surface area contributed by atoms with Gasteiger partial charge in [0.2, 0.25) is 5.91 Å². The number of hydrogen-bond donors (Lipinski definition) is 1. The highest BCUT2D eigenvalue weighted by molar-refractivity contribution is 5.93. The highest BCUT2D eigenvalue weighted by atomic mass is 16.2. The lowest BCUT2D eigenvalue weighted by molar-refractivity contribution is -0.128. The van der Waals surface area contributed by atoms with Crippen LogP contribution in [-0.4, -0.2) is 41.3 Å². The number of amides is 2. The third-order valence-corrected chi connectivity index (χ3v) is 3.01. The zero-order chi connectivity index (χ0) is 15.0. The Morgan fingerprint density at radius 3 is 2.65 bits per heavy atom. The predicted molar refractivity (Wildman–Crippen MR) is 78.3 cm³/mol. The topological polar surface area (TPSA) is 62.3 Å². The molecule has 0 aliphatic carbocycles. The van der Waals surface area contributed by atoms with Gasteiger partial charge in [0.05, 0.1) is 5.56 Å². The first-order valence-corrected chi connectivity index (χ1v) is 6.94. The van der Waals surface area contributed by atoms with Gasteiger partial charge in [-0.25, -0.2) is 0 Å². The molecule has 2 amide bonds. The van der Waals surface area contributed by atoms with Crippen LogP contribution in [0.4, 0.5) is 0 Å². The molecule has 1 aromatic heterocycles. The maximum atomic E-state index is 11.8. The average molecular weight is 277 g/mol. The molecule has 0 bridgehead atoms. The van der Waals surface area contributed by atoms with E-state index >= 15 is 0 Å². The van der Waals surface area contributed by atoms with Crippen LogP contribution in [0.15, 0.2) is 24.5 Å². The van der Waals surface area contributed by atoms with Gasteiger partial charge in [0.25, 0.3) is 5.91 Å². The van der Waals surface area contributed by atoms with Crippen molar-refractivity contribution < 1.29 is 9.59 Å². The summed E-state index contributed by atoms with van der Waals surface area (Å²) in [6.07, 6.45) is 4.12. The number of hydrogen-bond acceptors (Lipinski definition) is 3. The van der Waals surface area contributed by atoms with Gasteiger partial charge in [-0.15, -0.1) is 0 Å². The van der Waals surface area contributed by atoms with Crippen molar-refractivity contribution in [3.8, 4) is 0 Å². The zero-order valence-corrected chi connectivity index (χ0v) is 12.4. The fraction of sp³-hybridized carbons (Fsp3) is 0.533. The summed E-state index contributed by atoms with van der Waals surface area (Å²) in [5.41, 5.74) is 0.532. The Hall–Kier alpha value is -1.91. The molecule has 0 fully saturated rings. The molecule has 1 heterocycles. The van der Waals surface area contributed by atoms with E-state index in [4.69, 9.17) is 0 Å². The van der Waals surface area contributed by atoms with Gasteiger partial charge in [-0.2, -0.15) is 0 Å². The second-order valence-electron chi connectivity index (χ2n) is 5.19. The van der Waals surface area contributed by atoms with E-state index in [2.05, 4.69) is 24.1 Å². The van der Waals surface area contributed by atoms with Crippen LogP contribution in [0.5, 0.6) is 0 Å². The summed E-state index contributed by atoms with van der Waals surface area (Å²) >= 11 is 0. The predicted octanol–water partition coefficient (Wildman–Crippen LogP) is 1.71. The van der Waals surface area contributed by atoms with Crippen molar-refractivity contribution in [2.75, 3.05) is 19.6 Å². The molecule has 0 saturated heterocycles. The van der Waals surface area contributed by atoms with Crippen LogP contribution in [0, 0.1) is 5.92 Å². The molecule has 0 radical (unpaired) electrons. The number of aromatic nitrogens is 1. The van der Waals surface area contributed by atoms with Gasteiger partial charge >= 0.3 is 0 Å². The Labute approximate surface area is 120 Å². The van der Waals surface area contributed by atoms with Crippen LogP contribution in [0.3, 0.4) is 0 Å². The molecule has 110 valence electrons. The van der Waals surface area contributed by atoms with Crippen LogP contribution in [0.2, 0.25) is 0 Å². The summed E-state index contributed by atoms with van der Waals surface area (Å²) in [6, 6.07) is 3.43. The molecule has 0 saturated carbocycles. The molecule has 5 nitrogen and oxygen atoms in total. The molecule has 1 N–H and O–H groups in total. The van der Waals surface area contributed by atoms with Crippen molar-refractivity contribution in [2.45, 2.75) is 27.2 Å². The Morgan fingerprint density at radius 1 is 1.35 bits per heavy atom. The number of carbonyl (C=O) groups excluding carboxylic acids is 2. The second kappa shape index (κ2) is 8.30. The van der Waals surface area contributed by atoms with Crippen LogP contribution in [-0.2, 0) is 4.79 Å². The average Bonchev–Trinajstić information content (AvgIpc) is 2.42. The van der Waals surface area contributed by atoms with E-state index in [0.29, 0.717) is 24.6 Å². The number of pyridine rings is 1. The fourth-order valence-corrected chi connectivity index (χ4v) is 1.74. The van der Waals surface area contributed by atoms with Crippen molar-refractivity contribution in [3.63, 3.8) is 0 Å². The first kappa shape index (κ1) is 16.1. The highest BCUT2D eigenvalue weighted by Gasteiger charge is 2.10. The lowest BCUT2D eigenvalue weighted by atomic mass is 10.1. The lowest BCUT2D eigenvalue weighted by Crippen LogP contribution is -2.38. The van der Waals surface area contributed by atoms with Gasteiger partial charge in [-0.05, 0) is 24.5 Å². The second-order valence-corrected chi connectivity index (χ2v) is 5.19. The molecule has 0 spiro atoms. The quantitative estimate of drug-likeness (QED) is 0.825. The fourth-order valence-electron chi connectivity index (χ4n) is 1.74. The Morgan fingerprint density at radius 2 is 2.10 bits per heavy atom. The molecule has 0 aromatic carbocycles. The number of carbonyl (C=O) groups is 2. The maximum absolute atomic E-state index is 11.8. The normalized spacial score (nSPS) is 10.4. The molecule has 0 unspecified atom stereocenters. The van der Waals surface area contributed by atoms with E-state index < -0.39 is 0 Å². The molecule has 0 atom stereocenters. The van der Waals surface area contributed by atoms with Crippen molar-refractivity contribution >= 4 is 11.8 Å². The number of rotatable bonds is 7. The van der Waals surface area contributed by atoms with E-state index in [1.165, 1.54) is 6.20 Å². The van der Waals surface area contributed by atoms with Crippen molar-refractivity contribution in [3.05, 3.63) is 30.1 Å². The summed E-state index contributed by atoms with van der Waals surface area (Å²) in [5.74, 6) is 0.438. The first-order chi connectivity index (χ1) is 9.50. The third kappa shape index (κ3) is 5.82. The molecule has 1 rings (SSSR count). The van der Waals surface area contributed by atoms with E-state index in [0.717, 1.165) is 13.0 Å². The zero-order valence-electron chi connectivity index (χ0n) is 12.4. The molecule has 0 aliphatic rings. The van der Waals surface area contributed by atoms with Gasteiger partial charge in [0.1, 0.15) is 0 Å². The SMILES string of the molecule is CC(=O)N(CCNC(=O)c1cccnc1)CCC(C)C. The summed E-state index contributed by atoms with van der Waals surface area (Å²) < 4.78 is 0. The summed E-state index contributed by atoms with van der Waals surface area (Å²) in [5, 5.41) is 2.80. The molecule has 0 aliphatic heterocycles. The van der Waals surface area contributed by atoms with Crippen LogP contribution < -0.4 is 5.32 Å². The molecule has 5 heteroatoms. The van der Waals surface area contributed by atoms with E-state index in [1.54, 1.807) is 30.2 Å². The van der Waals surface area contributed by atoms with E-state index in [-0.39, 0.29) is 11.8 Å². The smallest absolute Gasteiger partial charge is 0.252 e. The molecular weight excluding hydrogens is 254 g/mol. The van der Waals surface area contributed by atoms with Crippen LogP contribution in [0.25, 0.3) is 0 Å². The summed E-state index contributed by atoms with van der Waals surface area (Å²) in [6.45, 7) is 7.53. The third-order valence-electron chi connectivity index (χ3n) is 3.01. The van der Waals surface area contributed by atoms with E-state index in [9.17, 15) is 9.59 Å². The Bertz CT molecular complexity index is 432. The van der Waals surface area contributed by atoms with Crippen LogP contribution >= 0.6 is 0 Å². The standard InChI is InChI=1S/C15H23N3O2/c1-12(2)6-9-18(13(3)19)10-8-17-15(20)14-5-4-7-16-11-14/h4-5,7,11-12H,6,8-10H2,1-3H3,(H,17,20). The first-order valence-electron chi connectivity index (χ1n) is 6.94. The maximum Gasteiger partial charge on any atom is 0.252 e. The molecule has 20 heavy (non-hydrogen) atoms. The highest BCUT2D eigenvalue weighted by Crippen LogP contribution is 2.02. The van der Waals surface area contributed by atoms with Crippen molar-refractivity contribution in [1.82, 2.24) is 15.2 Å². The largest absolute Gasteiger partial charge is 0.350 e. The summed E-state index contributed by atoms with van der Waals surface area (Å²) in [4.78, 5) is 29.0. The minimum atomic E-state index is -0.162. The van der Waals surface area contributed by atoms with Gasteiger partial charge in [-0.3, -0.25) is 14.6 Å². The number of nitrogens with zero attached hydrogens (tertiary/aromatic N) is 2. The van der Waals surface area contributed by atoms with Crippen molar-refractivity contribution in [1.29, 1.82) is 0 Å². The van der Waals surface area contributed by atoms with Gasteiger partial charge < -0.3 is 10.2 Å². The molecular formula is C15H23N3O2. The van der Waals surface area contributed by atoms with Crippen LogP contribution in [0.1, 0.15) is 37.6 Å². The van der Waals surface area contributed by atoms with E-state index in [1.807, 2.05) is 0 Å². The monoisotopic (exact) mass is 277 g/mol.